The number of halogens is 1. The van der Waals surface area contributed by atoms with Crippen LogP contribution in [0.25, 0.3) is 22.3 Å². The van der Waals surface area contributed by atoms with Gasteiger partial charge in [0, 0.05) is 37.3 Å². The number of hydrogen-bond acceptors (Lipinski definition) is 5. The number of benzene rings is 2. The van der Waals surface area contributed by atoms with Gasteiger partial charge in [-0.05, 0) is 31.2 Å². The van der Waals surface area contributed by atoms with Gasteiger partial charge in [0.2, 0.25) is 0 Å². The van der Waals surface area contributed by atoms with E-state index in [1.165, 1.54) is 0 Å². The third kappa shape index (κ3) is 3.98. The second kappa shape index (κ2) is 8.71. The van der Waals surface area contributed by atoms with Gasteiger partial charge in [0.15, 0.2) is 11.0 Å². The van der Waals surface area contributed by atoms with Crippen LogP contribution in [0, 0.1) is 6.92 Å². The number of pyridine rings is 1. The van der Waals surface area contributed by atoms with E-state index in [1.807, 2.05) is 42.5 Å². The highest BCUT2D eigenvalue weighted by atomic mass is 35.5. The van der Waals surface area contributed by atoms with Crippen LogP contribution in [0.3, 0.4) is 0 Å². The minimum atomic E-state index is -0.148. The second-order valence-electron chi connectivity index (χ2n) is 8.03. The van der Waals surface area contributed by atoms with E-state index in [9.17, 15) is 9.59 Å². The summed E-state index contributed by atoms with van der Waals surface area (Å²) < 4.78 is 6.22. The smallest absolute Gasteiger partial charge is 0.257 e. The Morgan fingerprint density at radius 2 is 1.67 bits per heavy atom. The molecule has 166 valence electrons. The van der Waals surface area contributed by atoms with Crippen LogP contribution in [0.4, 0.5) is 5.82 Å². The fraction of sp³-hybridized carbons (Fsp3) is 0.192. The second-order valence-corrected chi connectivity index (χ2v) is 8.42. The summed E-state index contributed by atoms with van der Waals surface area (Å²) in [5, 5.41) is 0.862. The molecule has 4 aromatic rings. The molecule has 3 heterocycles. The summed E-state index contributed by atoms with van der Waals surface area (Å²) in [6.45, 7) is 4.10. The van der Waals surface area contributed by atoms with E-state index in [1.54, 1.807) is 36.1 Å². The molecule has 6 nitrogen and oxygen atoms in total. The predicted octanol–water partition coefficient (Wildman–Crippen LogP) is 4.78. The molecule has 0 unspecified atom stereocenters. The molecule has 1 saturated heterocycles. The van der Waals surface area contributed by atoms with Crippen LogP contribution in [0.2, 0.25) is 5.15 Å². The predicted molar refractivity (Wildman–Crippen MR) is 130 cm³/mol. The molecule has 0 spiro atoms. The van der Waals surface area contributed by atoms with Gasteiger partial charge in [0.1, 0.15) is 16.7 Å². The summed E-state index contributed by atoms with van der Waals surface area (Å²) in [6, 6.07) is 20.2. The molecule has 7 heteroatoms. The van der Waals surface area contributed by atoms with E-state index < -0.39 is 0 Å². The lowest BCUT2D eigenvalue weighted by Crippen LogP contribution is -2.49. The van der Waals surface area contributed by atoms with Gasteiger partial charge >= 0.3 is 0 Å². The highest BCUT2D eigenvalue weighted by molar-refractivity contribution is 6.29. The van der Waals surface area contributed by atoms with Gasteiger partial charge in [-0.15, -0.1) is 0 Å². The molecular formula is C26H22ClN3O3. The van der Waals surface area contributed by atoms with E-state index in [0.29, 0.717) is 59.2 Å². The molecular weight excluding hydrogens is 438 g/mol. The number of rotatable bonds is 3. The fourth-order valence-electron chi connectivity index (χ4n) is 4.23. The summed E-state index contributed by atoms with van der Waals surface area (Å²) in [6.07, 6.45) is 0. The van der Waals surface area contributed by atoms with E-state index in [2.05, 4.69) is 9.88 Å². The van der Waals surface area contributed by atoms with Crippen molar-refractivity contribution in [1.82, 2.24) is 9.88 Å². The van der Waals surface area contributed by atoms with Crippen LogP contribution >= 0.6 is 11.6 Å². The summed E-state index contributed by atoms with van der Waals surface area (Å²) in [5.41, 5.74) is 1.94. The Balaban J connectivity index is 1.47. The van der Waals surface area contributed by atoms with Crippen molar-refractivity contribution < 1.29 is 9.21 Å². The van der Waals surface area contributed by atoms with Crippen LogP contribution in [-0.2, 0) is 0 Å². The van der Waals surface area contributed by atoms with Crippen molar-refractivity contribution in [3.63, 3.8) is 0 Å². The van der Waals surface area contributed by atoms with E-state index in [4.69, 9.17) is 16.0 Å². The molecule has 1 aliphatic heterocycles. The highest BCUT2D eigenvalue weighted by Gasteiger charge is 2.26. The van der Waals surface area contributed by atoms with Crippen LogP contribution in [-0.4, -0.2) is 42.0 Å². The molecule has 2 aromatic heterocycles. The first-order chi connectivity index (χ1) is 16.0. The Hall–Kier alpha value is -3.64. The average Bonchev–Trinajstić information content (AvgIpc) is 2.86. The lowest BCUT2D eigenvalue weighted by molar-refractivity contribution is 0.0747. The maximum absolute atomic E-state index is 13.5. The molecule has 1 amide bonds. The third-order valence-electron chi connectivity index (χ3n) is 6.00. The largest absolute Gasteiger partial charge is 0.455 e. The first-order valence-corrected chi connectivity index (χ1v) is 11.2. The number of carbonyl (C=O) groups excluding carboxylic acids is 1. The maximum atomic E-state index is 13.5. The number of para-hydroxylation sites is 1. The molecule has 1 fully saturated rings. The van der Waals surface area contributed by atoms with Crippen LogP contribution in [0.1, 0.15) is 15.9 Å². The minimum absolute atomic E-state index is 0.124. The number of anilines is 1. The Morgan fingerprint density at radius 1 is 0.939 bits per heavy atom. The van der Waals surface area contributed by atoms with Crippen LogP contribution < -0.4 is 10.3 Å². The average molecular weight is 460 g/mol. The zero-order valence-electron chi connectivity index (χ0n) is 18.1. The van der Waals surface area contributed by atoms with Gasteiger partial charge < -0.3 is 14.2 Å². The molecule has 0 aliphatic carbocycles. The van der Waals surface area contributed by atoms with Gasteiger partial charge in [-0.1, -0.05) is 54.1 Å². The molecule has 5 rings (SSSR count). The SMILES string of the molecule is Cc1c(-c2ccccc2)oc2c(C(=O)N3CCN(c4cccc(Cl)n4)CC3)cccc2c1=O. The zero-order chi connectivity index (χ0) is 22.9. The van der Waals surface area contributed by atoms with Crippen molar-refractivity contribution in [1.29, 1.82) is 0 Å². The van der Waals surface area contributed by atoms with Crippen molar-refractivity contribution >= 4 is 34.3 Å². The van der Waals surface area contributed by atoms with Gasteiger partial charge in [-0.2, -0.15) is 0 Å². The van der Waals surface area contributed by atoms with Crippen molar-refractivity contribution in [3.05, 3.63) is 93.2 Å². The summed E-state index contributed by atoms with van der Waals surface area (Å²) in [5.74, 6) is 1.14. The zero-order valence-corrected chi connectivity index (χ0v) is 18.9. The summed E-state index contributed by atoms with van der Waals surface area (Å²) in [7, 11) is 0. The summed E-state index contributed by atoms with van der Waals surface area (Å²) >= 11 is 6.02. The quantitative estimate of drug-likeness (QED) is 0.412. The monoisotopic (exact) mass is 459 g/mol. The Morgan fingerprint density at radius 3 is 2.39 bits per heavy atom. The summed E-state index contributed by atoms with van der Waals surface area (Å²) in [4.78, 5) is 34.8. The molecule has 0 saturated carbocycles. The molecule has 1 aliphatic rings. The Bertz CT molecular complexity index is 1390. The highest BCUT2D eigenvalue weighted by Crippen LogP contribution is 2.28. The minimum Gasteiger partial charge on any atom is -0.455 e. The Labute approximate surface area is 196 Å². The van der Waals surface area contributed by atoms with Crippen molar-refractivity contribution in [2.45, 2.75) is 6.92 Å². The number of hydrogen-bond donors (Lipinski definition) is 0. The lowest BCUT2D eigenvalue weighted by Gasteiger charge is -2.35. The number of carbonyl (C=O) groups is 1. The lowest BCUT2D eigenvalue weighted by atomic mass is 10.0. The van der Waals surface area contributed by atoms with Crippen molar-refractivity contribution in [3.8, 4) is 11.3 Å². The van der Waals surface area contributed by atoms with Gasteiger partial charge in [-0.25, -0.2) is 4.98 Å². The van der Waals surface area contributed by atoms with E-state index >= 15 is 0 Å². The molecule has 0 radical (unpaired) electrons. The fourth-order valence-corrected chi connectivity index (χ4v) is 4.38. The third-order valence-corrected chi connectivity index (χ3v) is 6.21. The van der Waals surface area contributed by atoms with E-state index in [-0.39, 0.29) is 11.3 Å². The number of piperazine rings is 1. The molecule has 0 bridgehead atoms. The van der Waals surface area contributed by atoms with Crippen LogP contribution in [0.5, 0.6) is 0 Å². The van der Waals surface area contributed by atoms with Gasteiger partial charge in [0.05, 0.1) is 10.9 Å². The van der Waals surface area contributed by atoms with Crippen molar-refractivity contribution in [2.24, 2.45) is 0 Å². The first-order valence-electron chi connectivity index (χ1n) is 10.8. The normalized spacial score (nSPS) is 14.0. The number of fused-ring (bicyclic) bond motifs is 1. The number of amides is 1. The maximum Gasteiger partial charge on any atom is 0.257 e. The first kappa shape index (κ1) is 21.2. The van der Waals surface area contributed by atoms with Crippen LogP contribution in [0.15, 0.2) is 75.9 Å². The molecule has 33 heavy (non-hydrogen) atoms. The molecule has 0 N–H and O–H groups in total. The van der Waals surface area contributed by atoms with Gasteiger partial charge in [-0.3, -0.25) is 9.59 Å². The van der Waals surface area contributed by atoms with E-state index in [0.717, 1.165) is 11.4 Å². The number of nitrogens with zero attached hydrogens (tertiary/aromatic N) is 3. The topological polar surface area (TPSA) is 66.7 Å². The molecule has 2 aromatic carbocycles. The van der Waals surface area contributed by atoms with Crippen molar-refractivity contribution in [2.75, 3.05) is 31.1 Å². The standard InChI is InChI=1S/C26H22ClN3O3/c1-17-23(31)19-9-5-10-20(25(19)33-24(17)18-7-3-2-4-8-18)26(32)30-15-13-29(14-16-30)22-12-6-11-21(27)28-22/h2-12H,13-16H2,1H3. The Kier molecular flexibility index (Phi) is 5.60. The van der Waals surface area contributed by atoms with Gasteiger partial charge in [0.25, 0.3) is 5.91 Å². The number of aromatic nitrogens is 1. The molecule has 0 atom stereocenters.